The lowest BCUT2D eigenvalue weighted by Gasteiger charge is -1.97. The van der Waals surface area contributed by atoms with Crippen LogP contribution in [0.2, 0.25) is 0 Å². The van der Waals surface area contributed by atoms with Crippen LogP contribution >= 0.6 is 0 Å². The number of aromatic nitrogens is 3. The molecule has 0 radical (unpaired) electrons. The molecule has 0 aliphatic heterocycles. The fourth-order valence-corrected chi connectivity index (χ4v) is 2.34. The average molecular weight is 247 g/mol. The van der Waals surface area contributed by atoms with Gasteiger partial charge in [-0.25, -0.2) is 4.68 Å². The van der Waals surface area contributed by atoms with Gasteiger partial charge in [0.2, 0.25) is 0 Å². The van der Waals surface area contributed by atoms with Crippen molar-refractivity contribution < 1.29 is 0 Å². The normalized spacial score (nSPS) is 13.6. The molecular weight excluding hydrogens is 238 g/mol. The smallest absolute Gasteiger partial charge is 0.281 e. The fraction of sp³-hybridized carbons (Fsp3) is 0. The van der Waals surface area contributed by atoms with Gasteiger partial charge in [-0.3, -0.25) is 14.9 Å². The summed E-state index contributed by atoms with van der Waals surface area (Å²) < 4.78 is 1.50. The highest BCUT2D eigenvalue weighted by atomic mass is 16.1. The van der Waals surface area contributed by atoms with E-state index in [1.165, 1.54) is 4.68 Å². The van der Waals surface area contributed by atoms with E-state index in [0.717, 1.165) is 16.4 Å². The number of rotatable bonds is 1. The van der Waals surface area contributed by atoms with Crippen LogP contribution in [0.4, 0.5) is 0 Å². The Morgan fingerprint density at radius 3 is 2.95 bits per heavy atom. The van der Waals surface area contributed by atoms with Crippen LogP contribution in [0.3, 0.4) is 0 Å². The molecule has 1 N–H and O–H groups in total. The third-order valence-electron chi connectivity index (χ3n) is 3.26. The molecule has 4 heteroatoms. The van der Waals surface area contributed by atoms with E-state index >= 15 is 0 Å². The molecule has 2 heterocycles. The van der Waals surface area contributed by atoms with Crippen LogP contribution in [0.25, 0.3) is 27.5 Å². The molecule has 0 spiro atoms. The predicted octanol–water partition coefficient (Wildman–Crippen LogP) is 2.44. The molecule has 2 aromatic heterocycles. The zero-order chi connectivity index (χ0) is 12.8. The number of pyridine rings is 1. The first-order chi connectivity index (χ1) is 9.34. The molecule has 0 bridgehead atoms. The zero-order valence-corrected chi connectivity index (χ0v) is 9.92. The molecule has 0 saturated heterocycles. The van der Waals surface area contributed by atoms with Gasteiger partial charge in [0.1, 0.15) is 5.70 Å². The first-order valence-electron chi connectivity index (χ1n) is 5.97. The van der Waals surface area contributed by atoms with Crippen molar-refractivity contribution in [2.24, 2.45) is 0 Å². The molecular formula is C15H9N3O. The Labute approximate surface area is 108 Å². The lowest BCUT2D eigenvalue weighted by atomic mass is 10.2. The quantitative estimate of drug-likeness (QED) is 0.671. The van der Waals surface area contributed by atoms with Crippen LogP contribution in [0.1, 0.15) is 0 Å². The fourth-order valence-electron chi connectivity index (χ4n) is 2.34. The Morgan fingerprint density at radius 2 is 2.11 bits per heavy atom. The van der Waals surface area contributed by atoms with Gasteiger partial charge >= 0.3 is 0 Å². The van der Waals surface area contributed by atoms with Crippen molar-refractivity contribution in [2.75, 3.05) is 0 Å². The van der Waals surface area contributed by atoms with E-state index in [-0.39, 0.29) is 5.56 Å². The van der Waals surface area contributed by atoms with Gasteiger partial charge in [-0.15, -0.1) is 0 Å². The molecule has 1 aliphatic rings. The first-order valence-corrected chi connectivity index (χ1v) is 5.97. The maximum atomic E-state index is 12.3. The summed E-state index contributed by atoms with van der Waals surface area (Å²) in [5.74, 6) is 0. The van der Waals surface area contributed by atoms with Crippen molar-refractivity contribution >= 4 is 27.5 Å². The van der Waals surface area contributed by atoms with E-state index in [9.17, 15) is 4.79 Å². The highest BCUT2D eigenvalue weighted by molar-refractivity contribution is 6.02. The van der Waals surface area contributed by atoms with E-state index in [1.54, 1.807) is 12.3 Å². The molecule has 0 atom stereocenters. The number of nitrogens with zero attached hydrogens (tertiary/aromatic N) is 2. The topological polar surface area (TPSA) is 50.7 Å². The number of fused-ring (bicyclic) bond motifs is 3. The highest BCUT2D eigenvalue weighted by Crippen LogP contribution is 2.20. The lowest BCUT2D eigenvalue weighted by molar-refractivity contribution is 0.897. The Balaban J connectivity index is 2.17. The van der Waals surface area contributed by atoms with Crippen molar-refractivity contribution in [3.8, 4) is 0 Å². The maximum Gasteiger partial charge on any atom is 0.281 e. The minimum absolute atomic E-state index is 0.101. The second kappa shape index (κ2) is 3.57. The van der Waals surface area contributed by atoms with Crippen molar-refractivity contribution in [3.63, 3.8) is 0 Å². The van der Waals surface area contributed by atoms with Crippen molar-refractivity contribution in [1.82, 2.24) is 14.8 Å². The summed E-state index contributed by atoms with van der Waals surface area (Å²) in [4.78, 5) is 16.7. The van der Waals surface area contributed by atoms with Gasteiger partial charge in [0.05, 0.1) is 16.4 Å². The Hall–Kier alpha value is -2.84. The van der Waals surface area contributed by atoms with E-state index in [2.05, 4.69) is 15.8 Å². The number of aromatic amines is 1. The number of H-pyrrole nitrogens is 1. The monoisotopic (exact) mass is 247 g/mol. The van der Waals surface area contributed by atoms with Gasteiger partial charge in [-0.05, 0) is 18.2 Å². The third kappa shape index (κ3) is 1.35. The highest BCUT2D eigenvalue weighted by Gasteiger charge is 2.12. The third-order valence-corrected chi connectivity index (χ3v) is 3.26. The molecule has 0 saturated carbocycles. The number of nitrogens with one attached hydrogen (secondary N) is 1. The Bertz CT molecular complexity index is 966. The standard InChI is InChI=1S/C15H9N3O/c19-15-12-9-16-13-8-4-3-7-11(13)14(12)17-18(15)10-5-1-2-6-10/h1-5,7-9,17H. The summed E-state index contributed by atoms with van der Waals surface area (Å²) in [6.45, 7) is 0. The average Bonchev–Trinajstić information content (AvgIpc) is 3.07. The van der Waals surface area contributed by atoms with E-state index in [0.29, 0.717) is 11.1 Å². The molecule has 0 fully saturated rings. The number of para-hydroxylation sites is 1. The van der Waals surface area contributed by atoms with Crippen LogP contribution in [-0.4, -0.2) is 14.8 Å². The summed E-state index contributed by atoms with van der Waals surface area (Å²) in [6, 6.07) is 7.76. The summed E-state index contributed by atoms with van der Waals surface area (Å²) in [5, 5.41) is 4.68. The van der Waals surface area contributed by atoms with Crippen molar-refractivity contribution in [3.05, 3.63) is 64.8 Å². The molecule has 3 aromatic rings. The largest absolute Gasteiger partial charge is 0.289 e. The maximum absolute atomic E-state index is 12.3. The van der Waals surface area contributed by atoms with Gasteiger partial charge in [0.15, 0.2) is 0 Å². The van der Waals surface area contributed by atoms with Crippen LogP contribution in [0.15, 0.2) is 59.2 Å². The Morgan fingerprint density at radius 1 is 1.21 bits per heavy atom. The molecule has 1 aromatic carbocycles. The molecule has 0 unspecified atom stereocenters. The Kier molecular flexibility index (Phi) is 1.90. The van der Waals surface area contributed by atoms with Gasteiger partial charge in [-0.2, -0.15) is 0 Å². The van der Waals surface area contributed by atoms with Crippen molar-refractivity contribution in [1.29, 1.82) is 0 Å². The van der Waals surface area contributed by atoms with Crippen LogP contribution in [0, 0.1) is 0 Å². The number of hydrogen-bond donors (Lipinski definition) is 1. The van der Waals surface area contributed by atoms with E-state index in [1.807, 2.05) is 36.4 Å². The van der Waals surface area contributed by atoms with Crippen LogP contribution in [0.5, 0.6) is 0 Å². The second-order valence-corrected chi connectivity index (χ2v) is 4.37. The minimum atomic E-state index is -0.101. The number of hydrogen-bond acceptors (Lipinski definition) is 2. The van der Waals surface area contributed by atoms with Gasteiger partial charge < -0.3 is 0 Å². The van der Waals surface area contributed by atoms with Crippen LogP contribution in [-0.2, 0) is 0 Å². The lowest BCUT2D eigenvalue weighted by Crippen LogP contribution is -2.14. The summed E-state index contributed by atoms with van der Waals surface area (Å²) in [7, 11) is 0. The predicted molar refractivity (Wildman–Crippen MR) is 74.8 cm³/mol. The zero-order valence-electron chi connectivity index (χ0n) is 9.92. The first kappa shape index (κ1) is 10.1. The minimum Gasteiger partial charge on any atom is -0.289 e. The second-order valence-electron chi connectivity index (χ2n) is 4.37. The summed E-state index contributed by atoms with van der Waals surface area (Å²) in [6.07, 6.45) is 7.09. The SMILES string of the molecule is O=c1c2cnc3ccccc3c2[nH]n1C1=C=CC=C1. The summed E-state index contributed by atoms with van der Waals surface area (Å²) >= 11 is 0. The van der Waals surface area contributed by atoms with E-state index < -0.39 is 0 Å². The molecule has 0 amide bonds. The van der Waals surface area contributed by atoms with Gasteiger partial charge in [-0.1, -0.05) is 30.0 Å². The molecule has 4 rings (SSSR count). The molecule has 1 aliphatic carbocycles. The van der Waals surface area contributed by atoms with Crippen molar-refractivity contribution in [2.45, 2.75) is 0 Å². The molecule has 19 heavy (non-hydrogen) atoms. The summed E-state index contributed by atoms with van der Waals surface area (Å²) in [5.41, 5.74) is 5.31. The molecule has 4 nitrogen and oxygen atoms in total. The number of benzene rings is 1. The number of allylic oxidation sites excluding steroid dienone is 3. The molecule has 90 valence electrons. The van der Waals surface area contributed by atoms with Gasteiger partial charge in [0, 0.05) is 11.6 Å². The van der Waals surface area contributed by atoms with Gasteiger partial charge in [0.25, 0.3) is 5.56 Å². The van der Waals surface area contributed by atoms with Crippen LogP contribution < -0.4 is 5.56 Å². The van der Waals surface area contributed by atoms with E-state index in [4.69, 9.17) is 0 Å².